The monoisotopic (exact) mass is 223 g/mol. The lowest BCUT2D eigenvalue weighted by atomic mass is 10.5. The molecule has 0 heterocycles. The van der Waals surface area contributed by atoms with Crippen LogP contribution in [-0.2, 0) is 19.4 Å². The Hall–Kier alpha value is -0.620. The summed E-state index contributed by atoms with van der Waals surface area (Å²) in [6, 6.07) is 0. The van der Waals surface area contributed by atoms with E-state index in [0.717, 1.165) is 6.54 Å². The summed E-state index contributed by atoms with van der Waals surface area (Å²) in [5.41, 5.74) is 0. The molecule has 6 heteroatoms. The van der Waals surface area contributed by atoms with Crippen LogP contribution in [0.1, 0.15) is 13.3 Å². The molecule has 0 aromatic heterocycles. The van der Waals surface area contributed by atoms with Gasteiger partial charge in [0.05, 0.1) is 12.9 Å². The number of esters is 1. The number of carbonyl (C=O) groups excluding carboxylic acids is 1. The highest BCUT2D eigenvalue weighted by Gasteiger charge is 2.16. The van der Waals surface area contributed by atoms with Gasteiger partial charge in [-0.2, -0.15) is 0 Å². The Kier molecular flexibility index (Phi) is 6.48. The highest BCUT2D eigenvalue weighted by molar-refractivity contribution is 7.92. The number of sulfone groups is 1. The van der Waals surface area contributed by atoms with Gasteiger partial charge in [-0.3, -0.25) is 4.79 Å². The molecule has 0 aromatic carbocycles. The van der Waals surface area contributed by atoms with Crippen molar-refractivity contribution in [1.29, 1.82) is 0 Å². The van der Waals surface area contributed by atoms with Crippen LogP contribution in [0.5, 0.6) is 0 Å². The second-order valence-corrected chi connectivity index (χ2v) is 5.06. The summed E-state index contributed by atoms with van der Waals surface area (Å²) < 4.78 is 26.7. The highest BCUT2D eigenvalue weighted by atomic mass is 32.2. The van der Waals surface area contributed by atoms with E-state index in [0.29, 0.717) is 13.0 Å². The normalized spacial score (nSPS) is 11.3. The third-order valence-corrected chi connectivity index (χ3v) is 3.21. The minimum absolute atomic E-state index is 0.0229. The van der Waals surface area contributed by atoms with Crippen molar-refractivity contribution in [3.8, 4) is 0 Å². The van der Waals surface area contributed by atoms with E-state index in [1.807, 2.05) is 6.92 Å². The SMILES string of the molecule is CCNCCCS(=O)(=O)CC(=O)OC. The Bertz CT molecular complexity index is 261. The number of carbonyl (C=O) groups is 1. The Morgan fingerprint density at radius 3 is 2.57 bits per heavy atom. The fourth-order valence-electron chi connectivity index (χ4n) is 0.905. The number of hydrogen-bond donors (Lipinski definition) is 1. The second-order valence-electron chi connectivity index (χ2n) is 2.88. The van der Waals surface area contributed by atoms with Gasteiger partial charge in [0.1, 0.15) is 5.75 Å². The molecule has 0 spiro atoms. The van der Waals surface area contributed by atoms with Crippen molar-refractivity contribution in [2.24, 2.45) is 0 Å². The van der Waals surface area contributed by atoms with Crippen LogP contribution in [0.15, 0.2) is 0 Å². The molecule has 14 heavy (non-hydrogen) atoms. The van der Waals surface area contributed by atoms with E-state index in [2.05, 4.69) is 10.1 Å². The van der Waals surface area contributed by atoms with Crippen LogP contribution in [0.4, 0.5) is 0 Å². The van der Waals surface area contributed by atoms with Gasteiger partial charge < -0.3 is 10.1 Å². The molecule has 0 radical (unpaired) electrons. The zero-order valence-electron chi connectivity index (χ0n) is 8.58. The largest absolute Gasteiger partial charge is 0.468 e. The van der Waals surface area contributed by atoms with Crippen LogP contribution in [0.2, 0.25) is 0 Å². The van der Waals surface area contributed by atoms with E-state index in [1.165, 1.54) is 7.11 Å². The van der Waals surface area contributed by atoms with Crippen LogP contribution in [0.25, 0.3) is 0 Å². The Balaban J connectivity index is 3.79. The van der Waals surface area contributed by atoms with Gasteiger partial charge >= 0.3 is 5.97 Å². The van der Waals surface area contributed by atoms with Gasteiger partial charge in [-0.15, -0.1) is 0 Å². The molecular weight excluding hydrogens is 206 g/mol. The Morgan fingerprint density at radius 1 is 1.43 bits per heavy atom. The first-order valence-corrected chi connectivity index (χ1v) is 6.32. The van der Waals surface area contributed by atoms with Gasteiger partial charge in [-0.25, -0.2) is 8.42 Å². The minimum atomic E-state index is -3.29. The summed E-state index contributed by atoms with van der Waals surface area (Å²) in [4.78, 5) is 10.7. The van der Waals surface area contributed by atoms with Gasteiger partial charge in [0.15, 0.2) is 9.84 Å². The smallest absolute Gasteiger partial charge is 0.320 e. The molecule has 0 unspecified atom stereocenters. The number of ether oxygens (including phenoxy) is 1. The van der Waals surface area contributed by atoms with Crippen LogP contribution in [0, 0.1) is 0 Å². The van der Waals surface area contributed by atoms with Crippen molar-refractivity contribution in [3.63, 3.8) is 0 Å². The van der Waals surface area contributed by atoms with E-state index in [9.17, 15) is 13.2 Å². The van der Waals surface area contributed by atoms with Gasteiger partial charge in [0.2, 0.25) is 0 Å². The first-order valence-electron chi connectivity index (χ1n) is 4.49. The molecule has 0 amide bonds. The molecule has 0 aliphatic carbocycles. The van der Waals surface area contributed by atoms with E-state index >= 15 is 0 Å². The average molecular weight is 223 g/mol. The fourth-order valence-corrected chi connectivity index (χ4v) is 2.11. The molecule has 0 fully saturated rings. The van der Waals surface area contributed by atoms with Crippen LogP contribution >= 0.6 is 0 Å². The van der Waals surface area contributed by atoms with Crippen molar-refractivity contribution >= 4 is 15.8 Å². The predicted octanol–water partition coefficient (Wildman–Crippen LogP) is -0.426. The van der Waals surface area contributed by atoms with Gasteiger partial charge in [-0.1, -0.05) is 6.92 Å². The molecule has 0 bridgehead atoms. The summed E-state index contributed by atoms with van der Waals surface area (Å²) >= 11 is 0. The molecule has 0 saturated carbocycles. The zero-order chi connectivity index (χ0) is 11.0. The summed E-state index contributed by atoms with van der Waals surface area (Å²) in [6.45, 7) is 3.41. The lowest BCUT2D eigenvalue weighted by Crippen LogP contribution is -2.23. The minimum Gasteiger partial charge on any atom is -0.468 e. The van der Waals surface area contributed by atoms with Gasteiger partial charge in [0.25, 0.3) is 0 Å². The first kappa shape index (κ1) is 13.4. The predicted molar refractivity (Wildman–Crippen MR) is 53.8 cm³/mol. The van der Waals surface area contributed by atoms with Crippen molar-refractivity contribution in [1.82, 2.24) is 5.32 Å². The maximum absolute atomic E-state index is 11.2. The van der Waals surface area contributed by atoms with E-state index in [-0.39, 0.29) is 5.75 Å². The first-order chi connectivity index (χ1) is 6.52. The number of rotatable bonds is 7. The van der Waals surface area contributed by atoms with E-state index in [4.69, 9.17) is 0 Å². The third kappa shape index (κ3) is 6.85. The molecule has 0 rings (SSSR count). The molecule has 1 N–H and O–H groups in total. The molecular formula is C8H17NO4S. The number of methoxy groups -OCH3 is 1. The topological polar surface area (TPSA) is 72.5 Å². The summed E-state index contributed by atoms with van der Waals surface area (Å²) in [5, 5.41) is 3.01. The molecule has 0 saturated heterocycles. The van der Waals surface area contributed by atoms with Crippen molar-refractivity contribution in [2.45, 2.75) is 13.3 Å². The average Bonchev–Trinajstić information content (AvgIpc) is 2.12. The third-order valence-electron chi connectivity index (χ3n) is 1.62. The zero-order valence-corrected chi connectivity index (χ0v) is 9.39. The molecule has 0 aliphatic rings. The van der Waals surface area contributed by atoms with Crippen molar-refractivity contribution < 1.29 is 17.9 Å². The van der Waals surface area contributed by atoms with Crippen molar-refractivity contribution in [2.75, 3.05) is 31.7 Å². The van der Waals surface area contributed by atoms with Crippen LogP contribution in [0.3, 0.4) is 0 Å². The highest BCUT2D eigenvalue weighted by Crippen LogP contribution is 1.94. The summed E-state index contributed by atoms with van der Waals surface area (Å²) in [6.07, 6.45) is 0.521. The fraction of sp³-hybridized carbons (Fsp3) is 0.875. The second kappa shape index (κ2) is 6.78. The van der Waals surface area contributed by atoms with Gasteiger partial charge in [-0.05, 0) is 19.5 Å². The lowest BCUT2D eigenvalue weighted by molar-refractivity contribution is -0.137. The van der Waals surface area contributed by atoms with Crippen molar-refractivity contribution in [3.05, 3.63) is 0 Å². The van der Waals surface area contributed by atoms with Gasteiger partial charge in [0, 0.05) is 0 Å². The lowest BCUT2D eigenvalue weighted by Gasteiger charge is -2.03. The van der Waals surface area contributed by atoms with E-state index in [1.54, 1.807) is 0 Å². The van der Waals surface area contributed by atoms with Crippen LogP contribution in [-0.4, -0.2) is 46.1 Å². The molecule has 5 nitrogen and oxygen atoms in total. The number of hydrogen-bond acceptors (Lipinski definition) is 5. The quantitative estimate of drug-likeness (QED) is 0.468. The Morgan fingerprint density at radius 2 is 2.07 bits per heavy atom. The standard InChI is InChI=1S/C8H17NO4S/c1-3-9-5-4-6-14(11,12)7-8(10)13-2/h9H,3-7H2,1-2H3. The molecule has 0 aromatic rings. The molecule has 84 valence electrons. The molecule has 0 aliphatic heterocycles. The van der Waals surface area contributed by atoms with E-state index < -0.39 is 21.6 Å². The molecule has 0 atom stereocenters. The Labute approximate surface area is 84.7 Å². The maximum Gasteiger partial charge on any atom is 0.320 e. The summed E-state index contributed by atoms with van der Waals surface area (Å²) in [5.74, 6) is -1.20. The maximum atomic E-state index is 11.2. The van der Waals surface area contributed by atoms with Crippen LogP contribution < -0.4 is 5.32 Å². The number of nitrogens with one attached hydrogen (secondary N) is 1. The summed E-state index contributed by atoms with van der Waals surface area (Å²) in [7, 11) is -2.11.